The van der Waals surface area contributed by atoms with Gasteiger partial charge in [0.2, 0.25) is 0 Å². The minimum Gasteiger partial charge on any atom is -0.338 e. The first-order valence-electron chi connectivity index (χ1n) is 4.97. The maximum absolute atomic E-state index is 11.7. The molecule has 2 amide bonds. The van der Waals surface area contributed by atoms with Crippen LogP contribution in [0.5, 0.6) is 0 Å². The molecule has 1 aliphatic rings. The van der Waals surface area contributed by atoms with E-state index < -0.39 is 28.6 Å². The van der Waals surface area contributed by atoms with Crippen LogP contribution >= 0.6 is 0 Å². The van der Waals surface area contributed by atoms with Gasteiger partial charge in [-0.3, -0.25) is 0 Å². The van der Waals surface area contributed by atoms with Crippen molar-refractivity contribution in [1.29, 1.82) is 0 Å². The van der Waals surface area contributed by atoms with E-state index in [0.29, 0.717) is 6.42 Å². The minimum absolute atomic E-state index is 0.0213. The summed E-state index contributed by atoms with van der Waals surface area (Å²) in [4.78, 5) is 10.9. The maximum Gasteiger partial charge on any atom is 0.405 e. The number of urea groups is 1. The topological polar surface area (TPSA) is 75.3 Å². The van der Waals surface area contributed by atoms with Crippen LogP contribution in [0.2, 0.25) is 0 Å². The summed E-state index contributed by atoms with van der Waals surface area (Å²) in [7, 11) is -3.03. The van der Waals surface area contributed by atoms with Crippen molar-refractivity contribution in [2.45, 2.75) is 12.6 Å². The number of rotatable bonds is 3. The lowest BCUT2D eigenvalue weighted by atomic mass is 10.1. The molecule has 100 valence electrons. The summed E-state index contributed by atoms with van der Waals surface area (Å²) in [5, 5.41) is 3.86. The van der Waals surface area contributed by atoms with Crippen LogP contribution in [-0.4, -0.2) is 45.2 Å². The number of hydrogen-bond acceptors (Lipinski definition) is 3. The molecule has 0 aliphatic carbocycles. The zero-order chi connectivity index (χ0) is 13.1. The lowest BCUT2D eigenvalue weighted by Crippen LogP contribution is -2.42. The van der Waals surface area contributed by atoms with E-state index in [1.807, 2.05) is 0 Å². The van der Waals surface area contributed by atoms with Crippen molar-refractivity contribution in [3.05, 3.63) is 0 Å². The highest BCUT2D eigenvalue weighted by Gasteiger charge is 2.29. The number of amides is 2. The van der Waals surface area contributed by atoms with Gasteiger partial charge >= 0.3 is 12.2 Å². The van der Waals surface area contributed by atoms with Crippen molar-refractivity contribution in [2.75, 3.05) is 24.6 Å². The molecule has 5 nitrogen and oxygen atoms in total. The van der Waals surface area contributed by atoms with E-state index in [1.165, 1.54) is 0 Å². The molecule has 9 heteroatoms. The zero-order valence-corrected chi connectivity index (χ0v) is 9.70. The molecule has 1 aliphatic heterocycles. The van der Waals surface area contributed by atoms with Crippen LogP contribution in [0, 0.1) is 5.92 Å². The lowest BCUT2D eigenvalue weighted by Gasteiger charge is -2.12. The summed E-state index contributed by atoms with van der Waals surface area (Å²) < 4.78 is 57.3. The molecule has 1 atom stereocenters. The number of carbonyl (C=O) groups excluding carboxylic acids is 1. The number of sulfone groups is 1. The van der Waals surface area contributed by atoms with Crippen molar-refractivity contribution < 1.29 is 26.4 Å². The zero-order valence-electron chi connectivity index (χ0n) is 8.88. The average Bonchev–Trinajstić information content (AvgIpc) is 2.51. The molecule has 0 bridgehead atoms. The second-order valence-corrected chi connectivity index (χ2v) is 6.18. The minimum atomic E-state index is -4.45. The second-order valence-electron chi connectivity index (χ2n) is 3.95. The van der Waals surface area contributed by atoms with Crippen molar-refractivity contribution in [3.8, 4) is 0 Å². The Morgan fingerprint density at radius 1 is 1.29 bits per heavy atom. The van der Waals surface area contributed by atoms with Crippen LogP contribution in [0.25, 0.3) is 0 Å². The first-order valence-corrected chi connectivity index (χ1v) is 6.79. The standard InChI is InChI=1S/C8H13F3N2O3S/c9-8(10,11)5-13-7(14)12-3-6-1-2-17(15,16)4-6/h6H,1-5H2,(H2,12,13,14). The highest BCUT2D eigenvalue weighted by atomic mass is 32.2. The van der Waals surface area contributed by atoms with Crippen LogP contribution in [0.3, 0.4) is 0 Å². The number of alkyl halides is 3. The highest BCUT2D eigenvalue weighted by Crippen LogP contribution is 2.17. The maximum atomic E-state index is 11.7. The molecule has 1 fully saturated rings. The Morgan fingerprint density at radius 2 is 1.94 bits per heavy atom. The van der Waals surface area contributed by atoms with Crippen LogP contribution in [-0.2, 0) is 9.84 Å². The van der Waals surface area contributed by atoms with Crippen molar-refractivity contribution in [3.63, 3.8) is 0 Å². The van der Waals surface area contributed by atoms with Crippen LogP contribution in [0.1, 0.15) is 6.42 Å². The average molecular weight is 274 g/mol. The van der Waals surface area contributed by atoms with Gasteiger partial charge in [0.1, 0.15) is 6.54 Å². The largest absolute Gasteiger partial charge is 0.405 e. The number of nitrogens with one attached hydrogen (secondary N) is 2. The molecule has 1 unspecified atom stereocenters. The van der Waals surface area contributed by atoms with E-state index in [4.69, 9.17) is 0 Å². The third kappa shape index (κ3) is 5.76. The SMILES string of the molecule is O=C(NCC1CCS(=O)(=O)C1)NCC(F)(F)F. The molecular weight excluding hydrogens is 261 g/mol. The van der Waals surface area contributed by atoms with Gasteiger partial charge in [-0.2, -0.15) is 13.2 Å². The van der Waals surface area contributed by atoms with Crippen LogP contribution < -0.4 is 10.6 Å². The third-order valence-electron chi connectivity index (χ3n) is 2.33. The Bertz CT molecular complexity index is 380. The summed E-state index contributed by atoms with van der Waals surface area (Å²) in [6.07, 6.45) is -4.02. The molecule has 2 N–H and O–H groups in total. The molecule has 1 heterocycles. The van der Waals surface area contributed by atoms with Crippen molar-refractivity contribution >= 4 is 15.9 Å². The quantitative estimate of drug-likeness (QED) is 0.776. The Balaban J connectivity index is 2.21. The number of hydrogen-bond donors (Lipinski definition) is 2. The molecule has 1 rings (SSSR count). The number of carbonyl (C=O) groups is 1. The summed E-state index contributed by atoms with van der Waals surface area (Å²) in [5.74, 6) is -0.160. The molecule has 0 spiro atoms. The molecule has 17 heavy (non-hydrogen) atoms. The summed E-state index contributed by atoms with van der Waals surface area (Å²) in [6.45, 7) is -1.33. The van der Waals surface area contributed by atoms with E-state index in [-0.39, 0.29) is 24.0 Å². The van der Waals surface area contributed by atoms with Gasteiger partial charge < -0.3 is 10.6 Å². The summed E-state index contributed by atoms with van der Waals surface area (Å²) in [6, 6.07) is -0.938. The normalized spacial score (nSPS) is 23.4. The fraction of sp³-hybridized carbons (Fsp3) is 0.875. The molecule has 1 saturated heterocycles. The van der Waals surface area contributed by atoms with E-state index in [1.54, 1.807) is 5.32 Å². The van der Waals surface area contributed by atoms with Gasteiger partial charge in [0.15, 0.2) is 9.84 Å². The van der Waals surface area contributed by atoms with Crippen molar-refractivity contribution in [2.24, 2.45) is 5.92 Å². The summed E-state index contributed by atoms with van der Waals surface area (Å²) in [5.41, 5.74) is 0. The molecule has 0 aromatic carbocycles. The number of halogens is 3. The monoisotopic (exact) mass is 274 g/mol. The highest BCUT2D eigenvalue weighted by molar-refractivity contribution is 7.91. The molecule has 0 radical (unpaired) electrons. The van der Waals surface area contributed by atoms with Gasteiger partial charge in [0.05, 0.1) is 11.5 Å². The van der Waals surface area contributed by atoms with Crippen LogP contribution in [0.4, 0.5) is 18.0 Å². The Labute approximate surface area is 96.7 Å². The van der Waals surface area contributed by atoms with E-state index in [9.17, 15) is 26.4 Å². The molecular formula is C8H13F3N2O3S. The molecule has 0 aromatic heterocycles. The van der Waals surface area contributed by atoms with Gasteiger partial charge in [-0.15, -0.1) is 0 Å². The lowest BCUT2D eigenvalue weighted by molar-refractivity contribution is -0.122. The smallest absolute Gasteiger partial charge is 0.338 e. The first-order chi connectivity index (χ1) is 7.68. The van der Waals surface area contributed by atoms with Gasteiger partial charge in [-0.05, 0) is 12.3 Å². The van der Waals surface area contributed by atoms with Crippen LogP contribution in [0.15, 0.2) is 0 Å². The fourth-order valence-electron chi connectivity index (χ4n) is 1.51. The van der Waals surface area contributed by atoms with E-state index in [2.05, 4.69) is 5.32 Å². The Morgan fingerprint density at radius 3 is 2.41 bits per heavy atom. The van der Waals surface area contributed by atoms with Gasteiger partial charge in [0, 0.05) is 6.54 Å². The fourth-order valence-corrected chi connectivity index (χ4v) is 3.37. The van der Waals surface area contributed by atoms with Gasteiger partial charge in [0.25, 0.3) is 0 Å². The first kappa shape index (κ1) is 14.1. The molecule has 0 aromatic rings. The van der Waals surface area contributed by atoms with E-state index >= 15 is 0 Å². The Kier molecular flexibility index (Phi) is 4.23. The third-order valence-corrected chi connectivity index (χ3v) is 4.16. The van der Waals surface area contributed by atoms with Gasteiger partial charge in [-0.25, -0.2) is 13.2 Å². The summed E-state index contributed by atoms with van der Waals surface area (Å²) >= 11 is 0. The van der Waals surface area contributed by atoms with Gasteiger partial charge in [-0.1, -0.05) is 0 Å². The molecule has 0 saturated carbocycles. The van der Waals surface area contributed by atoms with E-state index in [0.717, 1.165) is 0 Å². The Hall–Kier alpha value is -0.990. The van der Waals surface area contributed by atoms with Crippen molar-refractivity contribution in [1.82, 2.24) is 10.6 Å². The second kappa shape index (κ2) is 5.11. The predicted octanol–water partition coefficient (Wildman–Crippen LogP) is 0.283. The predicted molar refractivity (Wildman–Crippen MR) is 54.2 cm³/mol.